The van der Waals surface area contributed by atoms with Gasteiger partial charge >= 0.3 is 0 Å². The third kappa shape index (κ3) is 7.74. The molecule has 0 spiro atoms. The van der Waals surface area contributed by atoms with Crippen molar-refractivity contribution in [2.75, 3.05) is 19.7 Å². The molecule has 0 radical (unpaired) electrons. The van der Waals surface area contributed by atoms with E-state index in [4.69, 9.17) is 10.2 Å². The van der Waals surface area contributed by atoms with Crippen LogP contribution >= 0.6 is 0 Å². The van der Waals surface area contributed by atoms with Gasteiger partial charge in [0.15, 0.2) is 0 Å². The molecule has 4 heteroatoms. The summed E-state index contributed by atoms with van der Waals surface area (Å²) in [5.74, 6) is 0. The van der Waals surface area contributed by atoms with Crippen LogP contribution in [0, 0.1) is 0 Å². The fourth-order valence-corrected chi connectivity index (χ4v) is 0.609. The third-order valence-electron chi connectivity index (χ3n) is 1.15. The van der Waals surface area contributed by atoms with Gasteiger partial charge in [0.25, 0.3) is 0 Å². The molecule has 0 aliphatic carbocycles. The van der Waals surface area contributed by atoms with Gasteiger partial charge in [0, 0.05) is 13.1 Å². The summed E-state index contributed by atoms with van der Waals surface area (Å²) >= 11 is 0. The summed E-state index contributed by atoms with van der Waals surface area (Å²) in [5, 5.41) is 29.3. The second-order valence-electron chi connectivity index (χ2n) is 3.28. The maximum atomic E-state index is 9.20. The summed E-state index contributed by atoms with van der Waals surface area (Å²) in [6, 6.07) is 0. The molecule has 0 unspecified atom stereocenters. The first-order chi connectivity index (χ1) is 4.95. The average molecular weight is 163 g/mol. The van der Waals surface area contributed by atoms with Crippen LogP contribution in [0.25, 0.3) is 0 Å². The Balaban J connectivity index is 3.28. The largest absolute Gasteiger partial charge is 0.394 e. The van der Waals surface area contributed by atoms with E-state index in [0.29, 0.717) is 13.1 Å². The van der Waals surface area contributed by atoms with Gasteiger partial charge in [-0.3, -0.25) is 0 Å². The normalized spacial score (nSPS) is 15.0. The zero-order chi connectivity index (χ0) is 8.91. The second-order valence-corrected chi connectivity index (χ2v) is 3.28. The van der Waals surface area contributed by atoms with Crippen LogP contribution in [0.1, 0.15) is 13.8 Å². The summed E-state index contributed by atoms with van der Waals surface area (Å²) in [6.07, 6.45) is -0.739. The quantitative estimate of drug-likeness (QED) is 0.406. The molecule has 68 valence electrons. The van der Waals surface area contributed by atoms with Gasteiger partial charge in [-0.1, -0.05) is 0 Å². The zero-order valence-electron chi connectivity index (χ0n) is 7.04. The Labute approximate surface area is 66.9 Å². The monoisotopic (exact) mass is 163 g/mol. The Hall–Kier alpha value is -0.160. The van der Waals surface area contributed by atoms with E-state index < -0.39 is 11.7 Å². The topological polar surface area (TPSA) is 72.7 Å². The van der Waals surface area contributed by atoms with Crippen LogP contribution in [0.2, 0.25) is 0 Å². The van der Waals surface area contributed by atoms with Crippen LogP contribution in [0.4, 0.5) is 0 Å². The first kappa shape index (κ1) is 10.8. The second kappa shape index (κ2) is 4.66. The molecular formula is C7H17NO3. The number of aliphatic hydroxyl groups is 3. The Morgan fingerprint density at radius 3 is 2.36 bits per heavy atom. The maximum Gasteiger partial charge on any atom is 0.0894 e. The summed E-state index contributed by atoms with van der Waals surface area (Å²) in [7, 11) is 0. The molecule has 11 heavy (non-hydrogen) atoms. The molecule has 4 nitrogen and oxygen atoms in total. The average Bonchev–Trinajstić information content (AvgIpc) is 1.85. The van der Waals surface area contributed by atoms with Crippen molar-refractivity contribution in [1.29, 1.82) is 0 Å². The molecule has 0 bridgehead atoms. The molecule has 0 saturated heterocycles. The van der Waals surface area contributed by atoms with Crippen molar-refractivity contribution in [3.63, 3.8) is 0 Å². The van der Waals surface area contributed by atoms with Gasteiger partial charge in [-0.15, -0.1) is 0 Å². The van der Waals surface area contributed by atoms with Gasteiger partial charge in [0.1, 0.15) is 0 Å². The lowest BCUT2D eigenvalue weighted by molar-refractivity contribution is 0.0632. The van der Waals surface area contributed by atoms with E-state index in [0.717, 1.165) is 0 Å². The summed E-state index contributed by atoms with van der Waals surface area (Å²) in [4.78, 5) is 0. The van der Waals surface area contributed by atoms with Crippen LogP contribution in [-0.2, 0) is 0 Å². The van der Waals surface area contributed by atoms with Crippen molar-refractivity contribution < 1.29 is 15.3 Å². The summed E-state index contributed by atoms with van der Waals surface area (Å²) in [6.45, 7) is 3.81. The minimum atomic E-state index is -0.769. The highest BCUT2D eigenvalue weighted by Gasteiger charge is 2.11. The minimum Gasteiger partial charge on any atom is -0.394 e. The highest BCUT2D eigenvalue weighted by Crippen LogP contribution is 1.96. The SMILES string of the molecule is CC(C)(O)CNC[C@H](O)CO. The predicted octanol–water partition coefficient (Wildman–Crippen LogP) is -1.30. The van der Waals surface area contributed by atoms with Crippen LogP contribution in [-0.4, -0.2) is 46.7 Å². The Kier molecular flexibility index (Phi) is 4.60. The van der Waals surface area contributed by atoms with Crippen molar-refractivity contribution in [3.8, 4) is 0 Å². The van der Waals surface area contributed by atoms with Crippen LogP contribution in [0.3, 0.4) is 0 Å². The fraction of sp³-hybridized carbons (Fsp3) is 1.00. The van der Waals surface area contributed by atoms with E-state index >= 15 is 0 Å². The molecule has 0 aromatic rings. The number of rotatable bonds is 5. The zero-order valence-corrected chi connectivity index (χ0v) is 7.04. The fourth-order valence-electron chi connectivity index (χ4n) is 0.609. The molecule has 0 saturated carbocycles. The lowest BCUT2D eigenvalue weighted by atomic mass is 10.1. The third-order valence-corrected chi connectivity index (χ3v) is 1.15. The highest BCUT2D eigenvalue weighted by atomic mass is 16.3. The van der Waals surface area contributed by atoms with Gasteiger partial charge in [0.05, 0.1) is 18.3 Å². The molecule has 0 rings (SSSR count). The van der Waals surface area contributed by atoms with Crippen molar-refractivity contribution >= 4 is 0 Å². The van der Waals surface area contributed by atoms with E-state index in [1.165, 1.54) is 0 Å². The van der Waals surface area contributed by atoms with Crippen LogP contribution in [0.15, 0.2) is 0 Å². The molecule has 4 N–H and O–H groups in total. The molecule has 0 heterocycles. The lowest BCUT2D eigenvalue weighted by Gasteiger charge is -2.18. The molecule has 0 aromatic heterocycles. The van der Waals surface area contributed by atoms with Crippen molar-refractivity contribution in [1.82, 2.24) is 5.32 Å². The molecule has 0 aliphatic rings. The molecule has 0 amide bonds. The summed E-state index contributed by atoms with van der Waals surface area (Å²) in [5.41, 5.74) is -0.769. The smallest absolute Gasteiger partial charge is 0.0894 e. The minimum absolute atomic E-state index is 0.251. The van der Waals surface area contributed by atoms with E-state index in [1.54, 1.807) is 13.8 Å². The van der Waals surface area contributed by atoms with Crippen molar-refractivity contribution in [2.45, 2.75) is 25.6 Å². The highest BCUT2D eigenvalue weighted by molar-refractivity contribution is 4.69. The van der Waals surface area contributed by atoms with Crippen LogP contribution < -0.4 is 5.32 Å². The van der Waals surface area contributed by atoms with Gasteiger partial charge in [0.2, 0.25) is 0 Å². The number of hydrogen-bond donors (Lipinski definition) is 4. The van der Waals surface area contributed by atoms with Crippen LogP contribution in [0.5, 0.6) is 0 Å². The van der Waals surface area contributed by atoms with E-state index in [1.807, 2.05) is 0 Å². The van der Waals surface area contributed by atoms with E-state index in [-0.39, 0.29) is 6.61 Å². The molecule has 0 aromatic carbocycles. The van der Waals surface area contributed by atoms with Crippen molar-refractivity contribution in [2.24, 2.45) is 0 Å². The van der Waals surface area contributed by atoms with Gasteiger partial charge in [-0.25, -0.2) is 0 Å². The number of hydrogen-bond acceptors (Lipinski definition) is 4. The molecule has 0 aliphatic heterocycles. The van der Waals surface area contributed by atoms with Crippen molar-refractivity contribution in [3.05, 3.63) is 0 Å². The Morgan fingerprint density at radius 2 is 2.00 bits per heavy atom. The molecule has 1 atom stereocenters. The number of nitrogens with one attached hydrogen (secondary N) is 1. The maximum absolute atomic E-state index is 9.20. The van der Waals surface area contributed by atoms with Gasteiger partial charge in [-0.05, 0) is 13.8 Å². The Morgan fingerprint density at radius 1 is 1.45 bits per heavy atom. The van der Waals surface area contributed by atoms with E-state index in [2.05, 4.69) is 5.32 Å². The predicted molar refractivity (Wildman–Crippen MR) is 42.3 cm³/mol. The molecular weight excluding hydrogens is 146 g/mol. The standard InChI is InChI=1S/C7H17NO3/c1-7(2,11)5-8-3-6(10)4-9/h6,8-11H,3-5H2,1-2H3/t6-/m0/s1. The first-order valence-corrected chi connectivity index (χ1v) is 3.68. The number of aliphatic hydroxyl groups excluding tert-OH is 2. The lowest BCUT2D eigenvalue weighted by Crippen LogP contribution is -2.39. The van der Waals surface area contributed by atoms with Gasteiger partial charge in [-0.2, -0.15) is 0 Å². The van der Waals surface area contributed by atoms with E-state index in [9.17, 15) is 5.11 Å². The molecule has 0 fully saturated rings. The Bertz CT molecular complexity index is 100. The van der Waals surface area contributed by atoms with Gasteiger partial charge < -0.3 is 20.6 Å². The first-order valence-electron chi connectivity index (χ1n) is 3.68. The summed E-state index contributed by atoms with van der Waals surface area (Å²) < 4.78 is 0.